The maximum absolute atomic E-state index is 12.5. The summed E-state index contributed by atoms with van der Waals surface area (Å²) in [7, 11) is 1.66. The van der Waals surface area contributed by atoms with E-state index in [0.29, 0.717) is 30.5 Å². The van der Waals surface area contributed by atoms with Gasteiger partial charge in [-0.25, -0.2) is 14.4 Å². The molecule has 0 aliphatic heterocycles. The number of halogens is 1. The van der Waals surface area contributed by atoms with Crippen LogP contribution in [-0.4, -0.2) is 30.4 Å². The summed E-state index contributed by atoms with van der Waals surface area (Å²) < 4.78 is 23.1. The average molecular weight is 418 g/mol. The number of ether oxygens (including phenoxy) is 2. The zero-order chi connectivity index (χ0) is 21.6. The summed E-state index contributed by atoms with van der Waals surface area (Å²) in [5.41, 5.74) is 5.48. The molecule has 0 unspecified atom stereocenters. The molecule has 6 heteroatoms. The van der Waals surface area contributed by atoms with Crippen molar-refractivity contribution in [1.82, 2.24) is 9.97 Å². The van der Waals surface area contributed by atoms with E-state index in [9.17, 15) is 4.39 Å². The second-order valence-corrected chi connectivity index (χ2v) is 7.35. The molecule has 0 spiro atoms. The first-order chi connectivity index (χ1) is 15.2. The van der Waals surface area contributed by atoms with Gasteiger partial charge < -0.3 is 14.4 Å². The van der Waals surface area contributed by atoms with Crippen LogP contribution in [0.2, 0.25) is 0 Å². The van der Waals surface area contributed by atoms with Gasteiger partial charge in [0.25, 0.3) is 0 Å². The van der Waals surface area contributed by atoms with Crippen LogP contribution in [-0.2, 0) is 13.1 Å². The van der Waals surface area contributed by atoms with Crippen LogP contribution < -0.4 is 14.4 Å². The minimum atomic E-state index is -0.546. The third-order valence-electron chi connectivity index (χ3n) is 5.07. The summed E-state index contributed by atoms with van der Waals surface area (Å²) in [4.78, 5) is 11.3. The lowest BCUT2D eigenvalue weighted by Gasteiger charge is -2.24. The normalized spacial score (nSPS) is 12.3. The maximum Gasteiger partial charge on any atom is 0.226 e. The van der Waals surface area contributed by atoms with Gasteiger partial charge in [0, 0.05) is 19.5 Å². The summed E-state index contributed by atoms with van der Waals surface area (Å²) in [6.45, 7) is 2.59. The predicted molar refractivity (Wildman–Crippen MR) is 120 cm³/mol. The number of nitrogens with zero attached hydrogens (tertiary/aromatic N) is 3. The van der Waals surface area contributed by atoms with Crippen molar-refractivity contribution >= 4 is 11.5 Å². The van der Waals surface area contributed by atoms with Crippen molar-refractivity contribution in [2.24, 2.45) is 0 Å². The molecule has 31 heavy (non-hydrogen) atoms. The van der Waals surface area contributed by atoms with Crippen LogP contribution in [0.3, 0.4) is 0 Å². The van der Waals surface area contributed by atoms with Crippen LogP contribution in [0.25, 0.3) is 5.57 Å². The monoisotopic (exact) mass is 418 g/mol. The lowest BCUT2D eigenvalue weighted by atomic mass is 10.1. The fraction of sp³-hybridized carbons (Fsp3) is 0.240. The first kappa shape index (κ1) is 20.8. The van der Waals surface area contributed by atoms with Gasteiger partial charge in [-0.1, -0.05) is 42.5 Å². The van der Waals surface area contributed by atoms with E-state index in [1.807, 2.05) is 31.2 Å². The second kappa shape index (κ2) is 9.60. The molecule has 0 atom stereocenters. The molecule has 159 valence electrons. The molecule has 1 heterocycles. The van der Waals surface area contributed by atoms with Crippen molar-refractivity contribution in [2.75, 3.05) is 25.3 Å². The fourth-order valence-corrected chi connectivity index (χ4v) is 3.29. The van der Waals surface area contributed by atoms with E-state index in [0.717, 1.165) is 16.9 Å². The summed E-state index contributed by atoms with van der Waals surface area (Å²) in [6.07, 6.45) is 5.83. The third-order valence-corrected chi connectivity index (χ3v) is 5.07. The number of anilines is 1. The maximum atomic E-state index is 12.5. The molecule has 1 aliphatic rings. The molecule has 1 aliphatic carbocycles. The highest BCUT2D eigenvalue weighted by atomic mass is 19.1. The highest BCUT2D eigenvalue weighted by Gasteiger charge is 2.15. The van der Waals surface area contributed by atoms with Crippen LogP contribution in [0.5, 0.6) is 11.5 Å². The Bertz CT molecular complexity index is 1050. The van der Waals surface area contributed by atoms with Crippen molar-refractivity contribution in [3.05, 3.63) is 89.6 Å². The van der Waals surface area contributed by atoms with Crippen molar-refractivity contribution in [3.8, 4) is 11.5 Å². The van der Waals surface area contributed by atoms with E-state index in [2.05, 4.69) is 51.6 Å². The average Bonchev–Trinajstić information content (AvgIpc) is 3.64. The van der Waals surface area contributed by atoms with Crippen LogP contribution in [0.4, 0.5) is 10.3 Å². The van der Waals surface area contributed by atoms with E-state index < -0.39 is 6.67 Å². The number of aromatic nitrogens is 2. The number of alkyl halides is 1. The molecule has 0 saturated heterocycles. The highest BCUT2D eigenvalue weighted by Crippen LogP contribution is 2.30. The summed E-state index contributed by atoms with van der Waals surface area (Å²) in [5, 5.41) is 0. The highest BCUT2D eigenvalue weighted by molar-refractivity contribution is 5.87. The van der Waals surface area contributed by atoms with Crippen molar-refractivity contribution in [3.63, 3.8) is 0 Å². The first-order valence-electron chi connectivity index (χ1n) is 10.2. The van der Waals surface area contributed by atoms with Crippen LogP contribution in [0.15, 0.2) is 60.8 Å². The van der Waals surface area contributed by atoms with Gasteiger partial charge >= 0.3 is 0 Å². The zero-order valence-corrected chi connectivity index (χ0v) is 17.7. The lowest BCUT2D eigenvalue weighted by molar-refractivity contribution is 0.270. The van der Waals surface area contributed by atoms with E-state index in [4.69, 9.17) is 9.47 Å². The van der Waals surface area contributed by atoms with E-state index in [1.165, 1.54) is 11.1 Å². The van der Waals surface area contributed by atoms with E-state index in [1.54, 1.807) is 13.3 Å². The first-order valence-corrected chi connectivity index (χ1v) is 10.2. The fourth-order valence-electron chi connectivity index (χ4n) is 3.29. The quantitative estimate of drug-likeness (QED) is 0.466. The number of allylic oxidation sites excluding steroid dienone is 2. The van der Waals surface area contributed by atoms with Crippen LogP contribution >= 0.6 is 0 Å². The molecule has 1 aromatic heterocycles. The Morgan fingerprint density at radius 3 is 2.16 bits per heavy atom. The smallest absolute Gasteiger partial charge is 0.226 e. The SMILES string of the molecule is COc1ccc(CN(Cc2ccc(C3=C[CH]3)cc2)c2ncc(OCCF)c(C)n2)cc1. The van der Waals surface area contributed by atoms with Gasteiger partial charge in [0.2, 0.25) is 5.95 Å². The van der Waals surface area contributed by atoms with Gasteiger partial charge in [-0.2, -0.15) is 0 Å². The Kier molecular flexibility index (Phi) is 6.46. The molecule has 0 amide bonds. The van der Waals surface area contributed by atoms with Crippen molar-refractivity contribution in [2.45, 2.75) is 20.0 Å². The number of aryl methyl sites for hydroxylation is 1. The molecular formula is C25H25FN3O2. The number of hydrogen-bond donors (Lipinski definition) is 0. The van der Waals surface area contributed by atoms with Gasteiger partial charge in [-0.05, 0) is 41.3 Å². The summed E-state index contributed by atoms with van der Waals surface area (Å²) >= 11 is 0. The number of benzene rings is 2. The topological polar surface area (TPSA) is 47.5 Å². The van der Waals surface area contributed by atoms with Crippen molar-refractivity contribution in [1.29, 1.82) is 0 Å². The van der Waals surface area contributed by atoms with Gasteiger partial charge in [0.15, 0.2) is 5.75 Å². The van der Waals surface area contributed by atoms with Gasteiger partial charge in [-0.3, -0.25) is 0 Å². The van der Waals surface area contributed by atoms with E-state index >= 15 is 0 Å². The molecule has 2 aromatic carbocycles. The molecular weight excluding hydrogens is 393 g/mol. The molecule has 0 saturated carbocycles. The van der Waals surface area contributed by atoms with Gasteiger partial charge in [0.05, 0.1) is 19.0 Å². The number of rotatable bonds is 10. The standard InChI is InChI=1S/C25H25FN3O2/c1-18-24(31-14-13-26)15-27-25(28-18)29(17-20-5-11-23(30-2)12-6-20)16-19-3-7-21(8-4-19)22-9-10-22/h3-12,15H,13-14,16-17H2,1-2H3. The van der Waals surface area contributed by atoms with Crippen LogP contribution in [0.1, 0.15) is 22.4 Å². The summed E-state index contributed by atoms with van der Waals surface area (Å²) in [6, 6.07) is 16.5. The molecule has 0 bridgehead atoms. The molecule has 5 nitrogen and oxygen atoms in total. The van der Waals surface area contributed by atoms with Gasteiger partial charge in [-0.15, -0.1) is 0 Å². The second-order valence-electron chi connectivity index (χ2n) is 7.35. The number of methoxy groups -OCH3 is 1. The van der Waals surface area contributed by atoms with E-state index in [-0.39, 0.29) is 6.61 Å². The Balaban J connectivity index is 1.57. The Labute approximate surface area is 182 Å². The summed E-state index contributed by atoms with van der Waals surface area (Å²) in [5.74, 6) is 1.92. The third kappa shape index (κ3) is 5.40. The molecule has 1 radical (unpaired) electrons. The minimum absolute atomic E-state index is 0.000674. The number of hydrogen-bond acceptors (Lipinski definition) is 5. The van der Waals surface area contributed by atoms with Crippen LogP contribution in [0, 0.1) is 13.3 Å². The lowest BCUT2D eigenvalue weighted by Crippen LogP contribution is -2.24. The largest absolute Gasteiger partial charge is 0.497 e. The Hall–Kier alpha value is -3.41. The molecule has 0 N–H and O–H groups in total. The Morgan fingerprint density at radius 2 is 1.61 bits per heavy atom. The predicted octanol–water partition coefficient (Wildman–Crippen LogP) is 4.95. The molecule has 4 rings (SSSR count). The zero-order valence-electron chi connectivity index (χ0n) is 17.7. The Morgan fingerprint density at radius 1 is 0.968 bits per heavy atom. The molecule has 0 fully saturated rings. The minimum Gasteiger partial charge on any atom is -0.497 e. The molecule has 3 aromatic rings. The van der Waals surface area contributed by atoms with Crippen molar-refractivity contribution < 1.29 is 13.9 Å². The van der Waals surface area contributed by atoms with Gasteiger partial charge in [0.1, 0.15) is 19.0 Å².